The predicted molar refractivity (Wildman–Crippen MR) is 79.3 cm³/mol. The molecule has 1 aromatic carbocycles. The van der Waals surface area contributed by atoms with Gasteiger partial charge in [0.05, 0.1) is 6.54 Å². The minimum atomic E-state index is 0.220. The fraction of sp³-hybridized carbons (Fsp3) is 0.562. The summed E-state index contributed by atoms with van der Waals surface area (Å²) in [7, 11) is 0. The summed E-state index contributed by atoms with van der Waals surface area (Å²) in [6.07, 6.45) is 3.37. The largest absolute Gasteiger partial charge is 0.376 e. The number of nitrogens with zero attached hydrogens (tertiary/aromatic N) is 1. The molecule has 3 heteroatoms. The molecule has 0 bridgehead atoms. The van der Waals surface area contributed by atoms with Crippen molar-refractivity contribution in [3.05, 3.63) is 29.8 Å². The molecule has 1 heterocycles. The number of hydrogen-bond acceptors (Lipinski definition) is 2. The molecule has 1 aliphatic rings. The van der Waals surface area contributed by atoms with Crippen LogP contribution in [0.3, 0.4) is 0 Å². The lowest BCUT2D eigenvalue weighted by Crippen LogP contribution is -2.42. The highest BCUT2D eigenvalue weighted by molar-refractivity contribution is 5.81. The molecule has 104 valence electrons. The maximum atomic E-state index is 12.2. The van der Waals surface area contributed by atoms with Crippen LogP contribution in [0, 0.1) is 5.92 Å². The number of hydrogen-bond donors (Lipinski definition) is 1. The molecular formula is C16H24N2O. The van der Waals surface area contributed by atoms with E-state index in [2.05, 4.69) is 25.2 Å². The standard InChI is InChI=1S/C16H24N2O/c1-3-14-8-4-5-9-15(14)17-11-16(19)18-10-6-7-13(2)12-18/h4-5,8-9,13,17H,3,6-7,10-12H2,1-2H3. The quantitative estimate of drug-likeness (QED) is 0.902. The molecule has 0 saturated carbocycles. The minimum Gasteiger partial charge on any atom is -0.376 e. The molecule has 1 atom stereocenters. The highest BCUT2D eigenvalue weighted by atomic mass is 16.2. The highest BCUT2D eigenvalue weighted by Crippen LogP contribution is 2.17. The predicted octanol–water partition coefficient (Wildman–Crippen LogP) is 2.92. The van der Waals surface area contributed by atoms with Crippen LogP contribution in [-0.2, 0) is 11.2 Å². The Morgan fingerprint density at radius 3 is 2.95 bits per heavy atom. The SMILES string of the molecule is CCc1ccccc1NCC(=O)N1CCCC(C)C1. The average Bonchev–Trinajstić information content (AvgIpc) is 2.45. The van der Waals surface area contributed by atoms with Gasteiger partial charge in [0.1, 0.15) is 0 Å². The van der Waals surface area contributed by atoms with Gasteiger partial charge < -0.3 is 10.2 Å². The number of nitrogens with one attached hydrogen (secondary N) is 1. The van der Waals surface area contributed by atoms with Crippen LogP contribution >= 0.6 is 0 Å². The zero-order chi connectivity index (χ0) is 13.7. The number of aryl methyl sites for hydroxylation is 1. The molecule has 1 saturated heterocycles. The number of amides is 1. The summed E-state index contributed by atoms with van der Waals surface area (Å²) < 4.78 is 0. The first-order chi connectivity index (χ1) is 9.20. The molecule has 1 unspecified atom stereocenters. The first-order valence-corrected chi connectivity index (χ1v) is 7.30. The van der Waals surface area contributed by atoms with E-state index in [1.807, 2.05) is 23.1 Å². The van der Waals surface area contributed by atoms with Crippen molar-refractivity contribution in [2.75, 3.05) is 25.0 Å². The third-order valence-corrected chi connectivity index (χ3v) is 3.84. The van der Waals surface area contributed by atoms with Crippen LogP contribution < -0.4 is 5.32 Å². The number of benzene rings is 1. The van der Waals surface area contributed by atoms with Crippen molar-refractivity contribution in [1.29, 1.82) is 0 Å². The number of carbonyl (C=O) groups is 1. The molecule has 19 heavy (non-hydrogen) atoms. The first kappa shape index (κ1) is 13.9. The van der Waals surface area contributed by atoms with E-state index in [0.717, 1.165) is 31.6 Å². The number of anilines is 1. The summed E-state index contributed by atoms with van der Waals surface area (Å²) in [5.41, 5.74) is 2.35. The number of rotatable bonds is 4. The van der Waals surface area contributed by atoms with Gasteiger partial charge in [-0.15, -0.1) is 0 Å². The van der Waals surface area contributed by atoms with Gasteiger partial charge in [-0.1, -0.05) is 32.0 Å². The van der Waals surface area contributed by atoms with Crippen LogP contribution in [0.25, 0.3) is 0 Å². The van der Waals surface area contributed by atoms with E-state index in [9.17, 15) is 4.79 Å². The minimum absolute atomic E-state index is 0.220. The Morgan fingerprint density at radius 2 is 2.21 bits per heavy atom. The van der Waals surface area contributed by atoms with Gasteiger partial charge in [-0.3, -0.25) is 4.79 Å². The lowest BCUT2D eigenvalue weighted by atomic mass is 10.0. The van der Waals surface area contributed by atoms with Gasteiger partial charge in [0.25, 0.3) is 0 Å². The number of para-hydroxylation sites is 1. The van der Waals surface area contributed by atoms with Crippen molar-refractivity contribution in [2.45, 2.75) is 33.1 Å². The molecule has 1 N–H and O–H groups in total. The van der Waals surface area contributed by atoms with Gasteiger partial charge in [-0.2, -0.15) is 0 Å². The first-order valence-electron chi connectivity index (χ1n) is 7.30. The molecule has 0 radical (unpaired) electrons. The third kappa shape index (κ3) is 3.72. The summed E-state index contributed by atoms with van der Waals surface area (Å²) in [4.78, 5) is 14.2. The Balaban J connectivity index is 1.89. The Labute approximate surface area is 116 Å². The van der Waals surface area contributed by atoms with Crippen LogP contribution in [0.15, 0.2) is 24.3 Å². The van der Waals surface area contributed by atoms with Gasteiger partial charge >= 0.3 is 0 Å². The summed E-state index contributed by atoms with van der Waals surface area (Å²) in [6, 6.07) is 8.20. The summed E-state index contributed by atoms with van der Waals surface area (Å²) in [5, 5.41) is 3.28. The maximum absolute atomic E-state index is 12.2. The van der Waals surface area contributed by atoms with Gasteiger partial charge in [0.15, 0.2) is 0 Å². The molecule has 0 aliphatic carbocycles. The molecule has 1 aliphatic heterocycles. The maximum Gasteiger partial charge on any atom is 0.241 e. The molecule has 1 fully saturated rings. The second-order valence-electron chi connectivity index (χ2n) is 5.45. The Hall–Kier alpha value is -1.51. The second kappa shape index (κ2) is 6.60. The van der Waals surface area contributed by atoms with E-state index in [1.54, 1.807) is 0 Å². The van der Waals surface area contributed by atoms with E-state index in [-0.39, 0.29) is 5.91 Å². The number of piperidine rings is 1. The molecular weight excluding hydrogens is 236 g/mol. The van der Waals surface area contributed by atoms with Gasteiger partial charge in [-0.05, 0) is 36.8 Å². The Bertz CT molecular complexity index is 431. The van der Waals surface area contributed by atoms with E-state index in [1.165, 1.54) is 12.0 Å². The Morgan fingerprint density at radius 1 is 1.42 bits per heavy atom. The molecule has 0 aromatic heterocycles. The van der Waals surface area contributed by atoms with Gasteiger partial charge in [0.2, 0.25) is 5.91 Å². The van der Waals surface area contributed by atoms with Crippen LogP contribution in [0.5, 0.6) is 0 Å². The molecule has 1 amide bonds. The summed E-state index contributed by atoms with van der Waals surface area (Å²) in [6.45, 7) is 6.59. The highest BCUT2D eigenvalue weighted by Gasteiger charge is 2.20. The lowest BCUT2D eigenvalue weighted by molar-refractivity contribution is -0.130. The molecule has 1 aromatic rings. The Kier molecular flexibility index (Phi) is 4.83. The van der Waals surface area contributed by atoms with Crippen LogP contribution in [0.1, 0.15) is 32.3 Å². The van der Waals surface area contributed by atoms with Crippen LogP contribution in [0.2, 0.25) is 0 Å². The van der Waals surface area contributed by atoms with Crippen molar-refractivity contribution in [3.63, 3.8) is 0 Å². The van der Waals surface area contributed by atoms with E-state index >= 15 is 0 Å². The number of carbonyl (C=O) groups excluding carboxylic acids is 1. The monoisotopic (exact) mass is 260 g/mol. The second-order valence-corrected chi connectivity index (χ2v) is 5.45. The zero-order valence-corrected chi connectivity index (χ0v) is 12.0. The summed E-state index contributed by atoms with van der Waals surface area (Å²) in [5.74, 6) is 0.859. The van der Waals surface area contributed by atoms with Crippen molar-refractivity contribution >= 4 is 11.6 Å². The molecule has 2 rings (SSSR count). The smallest absolute Gasteiger partial charge is 0.241 e. The fourth-order valence-electron chi connectivity index (χ4n) is 2.70. The van der Waals surface area contributed by atoms with Crippen LogP contribution in [0.4, 0.5) is 5.69 Å². The van der Waals surface area contributed by atoms with Crippen molar-refractivity contribution in [1.82, 2.24) is 4.90 Å². The van der Waals surface area contributed by atoms with Gasteiger partial charge in [-0.25, -0.2) is 0 Å². The van der Waals surface area contributed by atoms with E-state index < -0.39 is 0 Å². The summed E-state index contributed by atoms with van der Waals surface area (Å²) >= 11 is 0. The topological polar surface area (TPSA) is 32.3 Å². The van der Waals surface area contributed by atoms with Gasteiger partial charge in [0, 0.05) is 18.8 Å². The van der Waals surface area contributed by atoms with E-state index in [0.29, 0.717) is 12.5 Å². The van der Waals surface area contributed by atoms with Crippen molar-refractivity contribution in [3.8, 4) is 0 Å². The van der Waals surface area contributed by atoms with E-state index in [4.69, 9.17) is 0 Å². The third-order valence-electron chi connectivity index (χ3n) is 3.84. The lowest BCUT2D eigenvalue weighted by Gasteiger charge is -2.31. The van der Waals surface area contributed by atoms with Crippen molar-refractivity contribution < 1.29 is 4.79 Å². The molecule has 3 nitrogen and oxygen atoms in total. The van der Waals surface area contributed by atoms with Crippen molar-refractivity contribution in [2.24, 2.45) is 5.92 Å². The molecule has 0 spiro atoms. The van der Waals surface area contributed by atoms with Crippen LogP contribution in [-0.4, -0.2) is 30.4 Å². The zero-order valence-electron chi connectivity index (χ0n) is 12.0. The average molecular weight is 260 g/mol. The number of likely N-dealkylation sites (tertiary alicyclic amines) is 1. The fourth-order valence-corrected chi connectivity index (χ4v) is 2.70. The normalized spacial score (nSPS) is 19.3.